The van der Waals surface area contributed by atoms with Crippen LogP contribution in [-0.4, -0.2) is 21.6 Å². The lowest BCUT2D eigenvalue weighted by Crippen LogP contribution is -2.13. The molecule has 1 heterocycles. The maximum Gasteiger partial charge on any atom is 0.323 e. The Bertz CT molecular complexity index is 560. The third kappa shape index (κ3) is 3.52. The molecule has 0 saturated carbocycles. The summed E-state index contributed by atoms with van der Waals surface area (Å²) < 4.78 is 5.25. The molecule has 0 amide bonds. The SMILES string of the molecule is CCOc1nc(NN)nc(Nc2cccc(C)c2)n1. The van der Waals surface area contributed by atoms with Gasteiger partial charge in [-0.1, -0.05) is 12.1 Å². The molecule has 0 bridgehead atoms. The van der Waals surface area contributed by atoms with Crippen LogP contribution in [0, 0.1) is 6.92 Å². The first-order valence-electron chi connectivity index (χ1n) is 5.90. The maximum absolute atomic E-state index is 5.32. The molecule has 1 aromatic carbocycles. The second-order valence-electron chi connectivity index (χ2n) is 3.84. The number of nitrogens with zero attached hydrogens (tertiary/aromatic N) is 3. The molecular formula is C12H16N6O. The van der Waals surface area contributed by atoms with Crippen LogP contribution in [0.2, 0.25) is 0 Å². The van der Waals surface area contributed by atoms with Gasteiger partial charge >= 0.3 is 6.01 Å². The Hall–Kier alpha value is -2.41. The number of hydrogen-bond donors (Lipinski definition) is 3. The highest BCUT2D eigenvalue weighted by Crippen LogP contribution is 2.17. The first-order chi connectivity index (χ1) is 9.21. The molecule has 0 unspecified atom stereocenters. The van der Waals surface area contributed by atoms with Gasteiger partial charge < -0.3 is 10.1 Å². The molecule has 19 heavy (non-hydrogen) atoms. The van der Waals surface area contributed by atoms with Crippen molar-refractivity contribution in [2.45, 2.75) is 13.8 Å². The summed E-state index contributed by atoms with van der Waals surface area (Å²) in [5.74, 6) is 5.93. The van der Waals surface area contributed by atoms with Crippen molar-refractivity contribution in [3.05, 3.63) is 29.8 Å². The van der Waals surface area contributed by atoms with Crippen molar-refractivity contribution in [2.24, 2.45) is 5.84 Å². The number of nitrogens with one attached hydrogen (secondary N) is 2. The minimum absolute atomic E-state index is 0.223. The van der Waals surface area contributed by atoms with E-state index in [0.29, 0.717) is 12.6 Å². The van der Waals surface area contributed by atoms with Crippen LogP contribution in [0.15, 0.2) is 24.3 Å². The fourth-order valence-electron chi connectivity index (χ4n) is 1.52. The first kappa shape index (κ1) is 13.0. The summed E-state index contributed by atoms with van der Waals surface area (Å²) in [6, 6.07) is 8.09. The smallest absolute Gasteiger partial charge is 0.323 e. The number of anilines is 3. The summed E-state index contributed by atoms with van der Waals surface area (Å²) in [7, 11) is 0. The zero-order chi connectivity index (χ0) is 13.7. The predicted octanol–water partition coefficient (Wildman–Crippen LogP) is 1.61. The van der Waals surface area contributed by atoms with E-state index in [9.17, 15) is 0 Å². The minimum atomic E-state index is 0.223. The van der Waals surface area contributed by atoms with E-state index < -0.39 is 0 Å². The summed E-state index contributed by atoms with van der Waals surface area (Å²) in [6.45, 7) is 4.34. The summed E-state index contributed by atoms with van der Waals surface area (Å²) in [5, 5.41) is 3.08. The second-order valence-corrected chi connectivity index (χ2v) is 3.84. The molecule has 7 nitrogen and oxygen atoms in total. The highest BCUT2D eigenvalue weighted by atomic mass is 16.5. The van der Waals surface area contributed by atoms with Crippen LogP contribution in [0.3, 0.4) is 0 Å². The molecule has 0 spiro atoms. The highest BCUT2D eigenvalue weighted by Gasteiger charge is 2.06. The molecule has 1 aromatic heterocycles. The van der Waals surface area contributed by atoms with Gasteiger partial charge in [0.1, 0.15) is 0 Å². The number of nitrogen functional groups attached to an aromatic ring is 1. The van der Waals surface area contributed by atoms with Crippen molar-refractivity contribution in [3.63, 3.8) is 0 Å². The van der Waals surface area contributed by atoms with E-state index >= 15 is 0 Å². The Balaban J connectivity index is 2.26. The van der Waals surface area contributed by atoms with Crippen molar-refractivity contribution in [1.29, 1.82) is 0 Å². The van der Waals surface area contributed by atoms with Gasteiger partial charge in [-0.05, 0) is 31.5 Å². The molecule has 0 saturated heterocycles. The molecule has 4 N–H and O–H groups in total. The van der Waals surface area contributed by atoms with E-state index in [1.165, 1.54) is 0 Å². The van der Waals surface area contributed by atoms with Crippen LogP contribution in [0.1, 0.15) is 12.5 Å². The molecule has 0 radical (unpaired) electrons. The number of hydrazine groups is 1. The number of aromatic nitrogens is 3. The third-order valence-electron chi connectivity index (χ3n) is 2.29. The largest absolute Gasteiger partial charge is 0.464 e. The number of hydrogen-bond acceptors (Lipinski definition) is 7. The van der Waals surface area contributed by atoms with Gasteiger partial charge in [-0.3, -0.25) is 5.43 Å². The van der Waals surface area contributed by atoms with Crippen LogP contribution in [0.4, 0.5) is 17.6 Å². The maximum atomic E-state index is 5.32. The summed E-state index contributed by atoms with van der Waals surface area (Å²) in [6.07, 6.45) is 0. The number of rotatable bonds is 5. The van der Waals surface area contributed by atoms with Gasteiger partial charge in [-0.2, -0.15) is 15.0 Å². The van der Waals surface area contributed by atoms with Gasteiger partial charge in [0.2, 0.25) is 11.9 Å². The molecule has 0 atom stereocenters. The van der Waals surface area contributed by atoms with Gasteiger partial charge in [0, 0.05) is 5.69 Å². The van der Waals surface area contributed by atoms with Gasteiger partial charge in [-0.25, -0.2) is 5.84 Å². The Labute approximate surface area is 111 Å². The number of benzene rings is 1. The Morgan fingerprint density at radius 1 is 1.21 bits per heavy atom. The summed E-state index contributed by atoms with van der Waals surface area (Å²) >= 11 is 0. The minimum Gasteiger partial charge on any atom is -0.464 e. The topological polar surface area (TPSA) is 98.0 Å². The van der Waals surface area contributed by atoms with E-state index in [4.69, 9.17) is 10.6 Å². The molecule has 100 valence electrons. The van der Waals surface area contributed by atoms with E-state index in [1.54, 1.807) is 0 Å². The van der Waals surface area contributed by atoms with Crippen LogP contribution >= 0.6 is 0 Å². The average molecular weight is 260 g/mol. The molecule has 0 aliphatic rings. The Morgan fingerprint density at radius 2 is 2.00 bits per heavy atom. The van der Waals surface area contributed by atoms with Gasteiger partial charge in [0.15, 0.2) is 0 Å². The molecule has 0 fully saturated rings. The van der Waals surface area contributed by atoms with Crippen molar-refractivity contribution in [1.82, 2.24) is 15.0 Å². The van der Waals surface area contributed by atoms with Crippen LogP contribution < -0.4 is 21.3 Å². The normalized spacial score (nSPS) is 10.1. The monoisotopic (exact) mass is 260 g/mol. The van der Waals surface area contributed by atoms with E-state index in [0.717, 1.165) is 11.3 Å². The number of ether oxygens (including phenoxy) is 1. The molecule has 2 aromatic rings. The Kier molecular flexibility index (Phi) is 4.09. The summed E-state index contributed by atoms with van der Waals surface area (Å²) in [5.41, 5.74) is 4.41. The lowest BCUT2D eigenvalue weighted by atomic mass is 10.2. The lowest BCUT2D eigenvalue weighted by molar-refractivity contribution is 0.312. The summed E-state index contributed by atoms with van der Waals surface area (Å²) in [4.78, 5) is 12.2. The molecule has 2 rings (SSSR count). The average Bonchev–Trinajstić information content (AvgIpc) is 2.39. The second kappa shape index (κ2) is 5.96. The van der Waals surface area contributed by atoms with E-state index in [2.05, 4.69) is 25.7 Å². The van der Waals surface area contributed by atoms with Crippen LogP contribution in [-0.2, 0) is 0 Å². The van der Waals surface area contributed by atoms with Crippen LogP contribution in [0.5, 0.6) is 6.01 Å². The van der Waals surface area contributed by atoms with E-state index in [1.807, 2.05) is 38.1 Å². The van der Waals surface area contributed by atoms with Gasteiger partial charge in [0.25, 0.3) is 0 Å². The van der Waals surface area contributed by atoms with Crippen molar-refractivity contribution in [2.75, 3.05) is 17.3 Å². The first-order valence-corrected chi connectivity index (χ1v) is 5.90. The standard InChI is InChI=1S/C12H16N6O/c1-3-19-12-16-10(15-11(17-12)18-13)14-9-6-4-5-8(2)7-9/h4-7H,3,13H2,1-2H3,(H2,14,15,16,17,18). The van der Waals surface area contributed by atoms with Crippen molar-refractivity contribution < 1.29 is 4.74 Å². The van der Waals surface area contributed by atoms with Gasteiger partial charge in [0.05, 0.1) is 6.61 Å². The lowest BCUT2D eigenvalue weighted by Gasteiger charge is -2.08. The molecule has 7 heteroatoms. The Morgan fingerprint density at radius 3 is 2.68 bits per heavy atom. The fraction of sp³-hybridized carbons (Fsp3) is 0.250. The fourth-order valence-corrected chi connectivity index (χ4v) is 1.52. The third-order valence-corrected chi connectivity index (χ3v) is 2.29. The van der Waals surface area contributed by atoms with Crippen molar-refractivity contribution >= 4 is 17.6 Å². The van der Waals surface area contributed by atoms with Crippen LogP contribution in [0.25, 0.3) is 0 Å². The zero-order valence-electron chi connectivity index (χ0n) is 10.8. The highest BCUT2D eigenvalue weighted by molar-refractivity contribution is 5.55. The molecule has 0 aliphatic heterocycles. The predicted molar refractivity (Wildman–Crippen MR) is 73.3 cm³/mol. The molecular weight excluding hydrogens is 244 g/mol. The zero-order valence-corrected chi connectivity index (χ0v) is 10.8. The van der Waals surface area contributed by atoms with Crippen molar-refractivity contribution in [3.8, 4) is 6.01 Å². The quantitative estimate of drug-likeness (QED) is 0.555. The van der Waals surface area contributed by atoms with Gasteiger partial charge in [-0.15, -0.1) is 0 Å². The number of nitrogens with two attached hydrogens (primary N) is 1. The molecule has 0 aliphatic carbocycles. The number of aryl methyl sites for hydroxylation is 1. The van der Waals surface area contributed by atoms with E-state index in [-0.39, 0.29) is 12.0 Å².